The lowest BCUT2D eigenvalue weighted by Gasteiger charge is -2.31. The summed E-state index contributed by atoms with van der Waals surface area (Å²) in [5, 5.41) is 17.0. The predicted octanol–water partition coefficient (Wildman–Crippen LogP) is 3.15. The van der Waals surface area contributed by atoms with Crippen LogP contribution in [0.2, 0.25) is 0 Å². The number of carbonyl (C=O) groups excluding carboxylic acids is 1. The first-order chi connectivity index (χ1) is 17.5. The van der Waals surface area contributed by atoms with Crippen LogP contribution in [0, 0.1) is 5.82 Å². The number of hydrogen-bond acceptors (Lipinski definition) is 7. The molecule has 0 radical (unpaired) electrons. The lowest BCUT2D eigenvalue weighted by Crippen LogP contribution is -2.39. The fourth-order valence-corrected chi connectivity index (χ4v) is 4.87. The number of hydrogen-bond donors (Lipinski definition) is 3. The van der Waals surface area contributed by atoms with Crippen molar-refractivity contribution in [2.75, 3.05) is 17.2 Å². The summed E-state index contributed by atoms with van der Waals surface area (Å²) in [6, 6.07) is 8.73. The lowest BCUT2D eigenvalue weighted by molar-refractivity contribution is 0.0976. The van der Waals surface area contributed by atoms with Crippen molar-refractivity contribution in [2.45, 2.75) is 38.2 Å². The van der Waals surface area contributed by atoms with Crippen molar-refractivity contribution in [1.29, 1.82) is 0 Å². The van der Waals surface area contributed by atoms with Crippen LogP contribution < -0.4 is 10.6 Å². The standard InChI is InChI=1S/C26H24FN7O2/c27-20-10-17(15-4-5-15)9-16-6-7-34(25(36)23(16)20)21-3-1-2-18(19(21)13-35)24-31-22(32-26(28)33-24)8-14-11-29-30-12-14/h1-3,9-12,15,35H,4-8,13H2,(H,29,30)(H2,28,31,32,33). The van der Waals surface area contributed by atoms with Gasteiger partial charge < -0.3 is 15.7 Å². The SMILES string of the molecule is Nc1nc(Cc2cn[nH]c2)nc(-c2cccc(N3CCc4cc(C5CC5)cc(F)c4C3=O)c2CO)n1. The van der Waals surface area contributed by atoms with E-state index >= 15 is 4.39 Å². The van der Waals surface area contributed by atoms with Gasteiger partial charge in [0.25, 0.3) is 5.91 Å². The Labute approximate surface area is 206 Å². The molecule has 0 atom stereocenters. The van der Waals surface area contributed by atoms with Crippen LogP contribution in [0.25, 0.3) is 11.4 Å². The van der Waals surface area contributed by atoms with Gasteiger partial charge in [-0.3, -0.25) is 9.89 Å². The molecule has 9 nitrogen and oxygen atoms in total. The molecule has 1 aliphatic heterocycles. The number of nitrogens with one attached hydrogen (secondary N) is 1. The summed E-state index contributed by atoms with van der Waals surface area (Å²) >= 11 is 0. The molecular formula is C26H24FN7O2. The van der Waals surface area contributed by atoms with Gasteiger partial charge in [0.05, 0.1) is 24.1 Å². The minimum absolute atomic E-state index is 0.0457. The second-order valence-electron chi connectivity index (χ2n) is 9.20. The van der Waals surface area contributed by atoms with E-state index in [-0.39, 0.29) is 23.9 Å². The molecule has 0 unspecified atom stereocenters. The third-order valence-electron chi connectivity index (χ3n) is 6.76. The van der Waals surface area contributed by atoms with E-state index in [9.17, 15) is 9.90 Å². The Morgan fingerprint density at radius 2 is 2.06 bits per heavy atom. The van der Waals surface area contributed by atoms with Crippen LogP contribution >= 0.6 is 0 Å². The molecule has 2 aromatic carbocycles. The molecule has 3 heterocycles. The van der Waals surface area contributed by atoms with Gasteiger partial charge in [-0.05, 0) is 54.0 Å². The summed E-state index contributed by atoms with van der Waals surface area (Å²) < 4.78 is 15.1. The van der Waals surface area contributed by atoms with Gasteiger partial charge in [-0.15, -0.1) is 0 Å². The van der Waals surface area contributed by atoms with Gasteiger partial charge in [-0.25, -0.2) is 9.37 Å². The topological polar surface area (TPSA) is 134 Å². The molecule has 182 valence electrons. The first-order valence-electron chi connectivity index (χ1n) is 11.9. The molecule has 2 aliphatic rings. The number of aliphatic hydroxyl groups excluding tert-OH is 1. The number of fused-ring (bicyclic) bond motifs is 1. The number of nitrogen functional groups attached to an aromatic ring is 1. The largest absolute Gasteiger partial charge is 0.392 e. The first-order valence-corrected chi connectivity index (χ1v) is 11.9. The molecule has 1 aliphatic carbocycles. The molecule has 2 aromatic heterocycles. The maximum atomic E-state index is 15.1. The number of anilines is 2. The second kappa shape index (κ2) is 8.80. The number of halogens is 1. The Hall–Kier alpha value is -4.18. The van der Waals surface area contributed by atoms with E-state index in [2.05, 4.69) is 25.1 Å². The molecule has 0 spiro atoms. The van der Waals surface area contributed by atoms with E-state index in [1.807, 2.05) is 6.07 Å². The van der Waals surface area contributed by atoms with Crippen molar-refractivity contribution in [3.05, 3.63) is 82.2 Å². The van der Waals surface area contributed by atoms with Gasteiger partial charge in [0.15, 0.2) is 5.82 Å². The third kappa shape index (κ3) is 3.99. The maximum absolute atomic E-state index is 15.1. The molecule has 1 saturated carbocycles. The van der Waals surface area contributed by atoms with Crippen LogP contribution in [-0.2, 0) is 19.4 Å². The molecule has 4 N–H and O–H groups in total. The highest BCUT2D eigenvalue weighted by Crippen LogP contribution is 2.42. The van der Waals surface area contributed by atoms with Crippen LogP contribution in [0.3, 0.4) is 0 Å². The zero-order valence-electron chi connectivity index (χ0n) is 19.4. The van der Waals surface area contributed by atoms with E-state index in [0.717, 1.165) is 29.5 Å². The summed E-state index contributed by atoms with van der Waals surface area (Å²) in [6.07, 6.45) is 6.47. The molecule has 1 fully saturated rings. The van der Waals surface area contributed by atoms with Crippen LogP contribution in [0.4, 0.5) is 16.0 Å². The monoisotopic (exact) mass is 485 g/mol. The average molecular weight is 486 g/mol. The van der Waals surface area contributed by atoms with Gasteiger partial charge in [0.1, 0.15) is 11.6 Å². The van der Waals surface area contributed by atoms with E-state index in [0.29, 0.717) is 47.9 Å². The molecule has 0 saturated heterocycles. The number of nitrogens with two attached hydrogens (primary N) is 1. The Bertz CT molecular complexity index is 1470. The summed E-state index contributed by atoms with van der Waals surface area (Å²) in [7, 11) is 0. The number of benzene rings is 2. The zero-order valence-corrected chi connectivity index (χ0v) is 19.4. The fraction of sp³-hybridized carbons (Fsp3) is 0.269. The zero-order chi connectivity index (χ0) is 24.8. The normalized spacial score (nSPS) is 15.3. The van der Waals surface area contributed by atoms with Crippen LogP contribution in [0.5, 0.6) is 0 Å². The second-order valence-corrected chi connectivity index (χ2v) is 9.20. The number of amides is 1. The molecule has 36 heavy (non-hydrogen) atoms. The highest BCUT2D eigenvalue weighted by molar-refractivity contribution is 6.09. The third-order valence-corrected chi connectivity index (χ3v) is 6.76. The summed E-state index contributed by atoms with van der Waals surface area (Å²) in [6.45, 7) is 0.00875. The molecule has 0 bridgehead atoms. The predicted molar refractivity (Wildman–Crippen MR) is 131 cm³/mol. The van der Waals surface area contributed by atoms with Crippen LogP contribution in [0.1, 0.15) is 57.2 Å². The highest BCUT2D eigenvalue weighted by atomic mass is 19.1. The Morgan fingerprint density at radius 1 is 1.19 bits per heavy atom. The van der Waals surface area contributed by atoms with E-state index in [1.54, 1.807) is 30.6 Å². The van der Waals surface area contributed by atoms with Crippen LogP contribution in [-0.4, -0.2) is 42.7 Å². The Kier molecular flexibility index (Phi) is 5.45. The van der Waals surface area contributed by atoms with Crippen LogP contribution in [0.15, 0.2) is 42.7 Å². The highest BCUT2D eigenvalue weighted by Gasteiger charge is 2.33. The molecular weight excluding hydrogens is 461 g/mol. The van der Waals surface area contributed by atoms with Gasteiger partial charge in [0, 0.05) is 30.3 Å². The van der Waals surface area contributed by atoms with Gasteiger partial charge in [-0.2, -0.15) is 15.1 Å². The fourth-order valence-electron chi connectivity index (χ4n) is 4.87. The number of carbonyl (C=O) groups is 1. The minimum Gasteiger partial charge on any atom is -0.392 e. The quantitative estimate of drug-likeness (QED) is 0.382. The van der Waals surface area contributed by atoms with Gasteiger partial charge in [-0.1, -0.05) is 18.2 Å². The molecule has 1 amide bonds. The van der Waals surface area contributed by atoms with E-state index in [1.165, 1.54) is 11.0 Å². The van der Waals surface area contributed by atoms with E-state index in [4.69, 9.17) is 5.73 Å². The van der Waals surface area contributed by atoms with Gasteiger partial charge >= 0.3 is 0 Å². The molecule has 10 heteroatoms. The van der Waals surface area contributed by atoms with Crippen molar-refractivity contribution in [3.63, 3.8) is 0 Å². The first kappa shape index (κ1) is 22.3. The van der Waals surface area contributed by atoms with E-state index < -0.39 is 11.7 Å². The summed E-state index contributed by atoms with van der Waals surface area (Å²) in [5.74, 6) is 0.284. The number of aromatic nitrogens is 5. The van der Waals surface area contributed by atoms with Gasteiger partial charge in [0.2, 0.25) is 5.95 Å². The number of nitrogens with zero attached hydrogens (tertiary/aromatic N) is 5. The van der Waals surface area contributed by atoms with Crippen molar-refractivity contribution in [2.24, 2.45) is 0 Å². The average Bonchev–Trinajstić information content (AvgIpc) is 3.60. The number of rotatable bonds is 6. The Balaban J connectivity index is 1.38. The smallest absolute Gasteiger partial charge is 0.261 e. The summed E-state index contributed by atoms with van der Waals surface area (Å²) in [4.78, 5) is 28.1. The van der Waals surface area contributed by atoms with Crippen molar-refractivity contribution in [3.8, 4) is 11.4 Å². The minimum atomic E-state index is -0.486. The molecule has 4 aromatic rings. The summed E-state index contributed by atoms with van der Waals surface area (Å²) in [5.41, 5.74) is 10.2. The number of H-pyrrole nitrogens is 1. The molecule has 6 rings (SSSR count). The number of aliphatic hydroxyl groups is 1. The van der Waals surface area contributed by atoms with Crippen molar-refractivity contribution in [1.82, 2.24) is 25.1 Å². The van der Waals surface area contributed by atoms with Crippen molar-refractivity contribution >= 4 is 17.5 Å². The lowest BCUT2D eigenvalue weighted by atomic mass is 9.93. The number of aromatic amines is 1. The van der Waals surface area contributed by atoms with Crippen molar-refractivity contribution < 1.29 is 14.3 Å². The maximum Gasteiger partial charge on any atom is 0.261 e. The Morgan fingerprint density at radius 3 is 2.81 bits per heavy atom.